The van der Waals surface area contributed by atoms with Gasteiger partial charge in [0.15, 0.2) is 0 Å². The highest BCUT2D eigenvalue weighted by molar-refractivity contribution is 7.98. The summed E-state index contributed by atoms with van der Waals surface area (Å²) in [5.74, 6) is 0. The van der Waals surface area contributed by atoms with Crippen molar-refractivity contribution in [2.24, 2.45) is 0 Å². The molecule has 3 heterocycles. The first-order chi connectivity index (χ1) is 7.63. The smallest absolute Gasteiger partial charge is 0.178 e. The van der Waals surface area contributed by atoms with Crippen LogP contribution in [0.5, 0.6) is 0 Å². The van der Waals surface area contributed by atoms with Crippen LogP contribution in [0.2, 0.25) is 0 Å². The highest BCUT2D eigenvalue weighted by Gasteiger charge is 2.96. The zero-order valence-electron chi connectivity index (χ0n) is 9.34. The summed E-state index contributed by atoms with van der Waals surface area (Å²) in [6.07, 6.45) is 0. The normalized spacial score (nSPS) is 33.0. The molecule has 0 atom stereocenters. The summed E-state index contributed by atoms with van der Waals surface area (Å²) in [4.78, 5) is -0.229. The SMILES string of the molecule is CC(C)N1[P+]2(OCCO2)C(Cl)[P+]12OCCO2. The Kier molecular flexibility index (Phi) is 2.98. The summed E-state index contributed by atoms with van der Waals surface area (Å²) in [6, 6.07) is 0.271. The highest BCUT2D eigenvalue weighted by Crippen LogP contribution is 3.02. The van der Waals surface area contributed by atoms with Gasteiger partial charge in [0.05, 0.1) is 10.5 Å². The van der Waals surface area contributed by atoms with Gasteiger partial charge in [0.25, 0.3) is 0 Å². The summed E-state index contributed by atoms with van der Waals surface area (Å²) in [6.45, 7) is 6.70. The summed E-state index contributed by atoms with van der Waals surface area (Å²) < 4.78 is 25.4. The van der Waals surface area contributed by atoms with Gasteiger partial charge in [-0.25, -0.2) is 0 Å². The Bertz CT molecular complexity index is 270. The molecular weight excluding hydrogens is 271 g/mol. The molecule has 0 unspecified atom stereocenters. The molecule has 0 saturated carbocycles. The van der Waals surface area contributed by atoms with Crippen molar-refractivity contribution in [3.8, 4) is 0 Å². The van der Waals surface area contributed by atoms with E-state index in [0.717, 1.165) is 0 Å². The molecule has 0 bridgehead atoms. The molecule has 3 saturated heterocycles. The molecular formula is C8H16ClNO4P2+2. The Labute approximate surface area is 101 Å². The molecule has 92 valence electrons. The van der Waals surface area contributed by atoms with Crippen molar-refractivity contribution in [1.29, 1.82) is 0 Å². The fourth-order valence-electron chi connectivity index (χ4n) is 2.38. The van der Waals surface area contributed by atoms with Crippen molar-refractivity contribution in [2.75, 3.05) is 26.4 Å². The summed E-state index contributed by atoms with van der Waals surface area (Å²) in [7, 11) is -4.19. The van der Waals surface area contributed by atoms with Crippen molar-refractivity contribution in [2.45, 2.75) is 24.7 Å². The van der Waals surface area contributed by atoms with Crippen LogP contribution in [-0.2, 0) is 18.1 Å². The fourth-order valence-corrected chi connectivity index (χ4v) is 13.0. The first kappa shape index (κ1) is 12.0. The molecule has 3 aliphatic heterocycles. The zero-order chi connectivity index (χ0) is 11.4. The summed E-state index contributed by atoms with van der Waals surface area (Å²) >= 11 is 6.47. The molecule has 2 spiro atoms. The van der Waals surface area contributed by atoms with Crippen molar-refractivity contribution >= 4 is 27.3 Å². The minimum Gasteiger partial charge on any atom is -0.178 e. The van der Waals surface area contributed by atoms with E-state index in [4.69, 9.17) is 29.7 Å². The number of hydrogen-bond donors (Lipinski definition) is 0. The highest BCUT2D eigenvalue weighted by atomic mass is 35.5. The number of rotatable bonds is 1. The monoisotopic (exact) mass is 287 g/mol. The van der Waals surface area contributed by atoms with E-state index in [1.54, 1.807) is 0 Å². The Morgan fingerprint density at radius 2 is 1.38 bits per heavy atom. The minimum atomic E-state index is -2.09. The molecule has 0 amide bonds. The molecule has 0 aromatic carbocycles. The number of hydrogen-bond acceptors (Lipinski definition) is 5. The predicted octanol–water partition coefficient (Wildman–Crippen LogP) is 2.85. The van der Waals surface area contributed by atoms with Crippen molar-refractivity contribution < 1.29 is 18.1 Å². The van der Waals surface area contributed by atoms with Gasteiger partial charge in [-0.3, -0.25) is 0 Å². The lowest BCUT2D eigenvalue weighted by atomic mass is 10.4. The van der Waals surface area contributed by atoms with Gasteiger partial charge < -0.3 is 0 Å². The molecule has 3 aliphatic rings. The second-order valence-electron chi connectivity index (χ2n) is 4.19. The van der Waals surface area contributed by atoms with E-state index in [0.29, 0.717) is 26.4 Å². The fraction of sp³-hybridized carbons (Fsp3) is 1.00. The number of nitrogens with zero attached hydrogens (tertiary/aromatic N) is 1. The second-order valence-corrected chi connectivity index (χ2v) is 11.1. The standard InChI is InChI=1S/C8H16ClNO4P2/c1-7(2)10-15(11-3-4-12-15)8(9)16(10)13-5-6-14-16/h7-8H,3-6H2,1-2H3/q+2. The van der Waals surface area contributed by atoms with E-state index >= 15 is 0 Å². The Morgan fingerprint density at radius 3 is 1.69 bits per heavy atom. The molecule has 0 aliphatic carbocycles. The van der Waals surface area contributed by atoms with Crippen LogP contribution in [0.15, 0.2) is 0 Å². The van der Waals surface area contributed by atoms with Crippen molar-refractivity contribution in [3.63, 3.8) is 0 Å². The van der Waals surface area contributed by atoms with Crippen molar-refractivity contribution in [3.05, 3.63) is 0 Å². The maximum absolute atomic E-state index is 6.47. The average molecular weight is 288 g/mol. The van der Waals surface area contributed by atoms with Gasteiger partial charge >= 0.3 is 20.6 Å². The van der Waals surface area contributed by atoms with Crippen LogP contribution in [0.3, 0.4) is 0 Å². The van der Waals surface area contributed by atoms with Crippen LogP contribution in [0.1, 0.15) is 13.8 Å². The quantitative estimate of drug-likeness (QED) is 0.548. The molecule has 0 N–H and O–H groups in total. The van der Waals surface area contributed by atoms with E-state index in [1.807, 2.05) is 0 Å². The molecule has 0 aromatic rings. The Hall–Kier alpha value is 0.950. The van der Waals surface area contributed by atoms with E-state index < -0.39 is 15.7 Å². The number of halogens is 1. The second kappa shape index (κ2) is 3.97. The first-order valence-corrected chi connectivity index (χ1v) is 9.16. The third-order valence-electron chi connectivity index (χ3n) is 2.84. The van der Waals surface area contributed by atoms with Gasteiger partial charge in [0, 0.05) is 0 Å². The lowest BCUT2D eigenvalue weighted by molar-refractivity contribution is 0.259. The molecule has 3 rings (SSSR count). The van der Waals surface area contributed by atoms with E-state index in [1.165, 1.54) is 0 Å². The molecule has 5 nitrogen and oxygen atoms in total. The summed E-state index contributed by atoms with van der Waals surface area (Å²) in [5, 5.41) is 0. The summed E-state index contributed by atoms with van der Waals surface area (Å²) in [5.41, 5.74) is 0. The van der Waals surface area contributed by atoms with Crippen LogP contribution in [0.25, 0.3) is 0 Å². The topological polar surface area (TPSA) is 40.2 Å². The molecule has 8 heteroatoms. The van der Waals surface area contributed by atoms with E-state index in [-0.39, 0.29) is 10.9 Å². The molecule has 0 radical (unpaired) electrons. The van der Waals surface area contributed by atoms with Crippen LogP contribution in [-0.4, -0.2) is 41.8 Å². The third kappa shape index (κ3) is 1.32. The van der Waals surface area contributed by atoms with Crippen LogP contribution >= 0.6 is 27.3 Å². The first-order valence-electron chi connectivity index (χ1n) is 5.43. The Balaban J connectivity index is 1.92. The largest absolute Gasteiger partial charge is 0.454 e. The van der Waals surface area contributed by atoms with Crippen LogP contribution in [0, 0.1) is 0 Å². The van der Waals surface area contributed by atoms with Gasteiger partial charge in [-0.1, -0.05) is 0 Å². The average Bonchev–Trinajstić information content (AvgIpc) is 2.87. The van der Waals surface area contributed by atoms with Gasteiger partial charge in [-0.2, -0.15) is 18.1 Å². The van der Waals surface area contributed by atoms with Gasteiger partial charge in [-0.05, 0) is 25.4 Å². The van der Waals surface area contributed by atoms with Crippen LogP contribution < -0.4 is 0 Å². The van der Waals surface area contributed by atoms with E-state index in [2.05, 4.69) is 18.3 Å². The van der Waals surface area contributed by atoms with Crippen LogP contribution in [0.4, 0.5) is 0 Å². The maximum atomic E-state index is 6.47. The molecule has 16 heavy (non-hydrogen) atoms. The van der Waals surface area contributed by atoms with Crippen molar-refractivity contribution in [1.82, 2.24) is 4.44 Å². The zero-order valence-corrected chi connectivity index (χ0v) is 11.9. The van der Waals surface area contributed by atoms with Gasteiger partial charge in [0.1, 0.15) is 26.4 Å². The maximum Gasteiger partial charge on any atom is 0.454 e. The van der Waals surface area contributed by atoms with Gasteiger partial charge in [0.2, 0.25) is 0 Å². The minimum absolute atomic E-state index is 0.229. The predicted molar refractivity (Wildman–Crippen MR) is 64.3 cm³/mol. The third-order valence-corrected chi connectivity index (χ3v) is 12.9. The molecule has 0 aromatic heterocycles. The Morgan fingerprint density at radius 1 is 1.00 bits per heavy atom. The lowest BCUT2D eigenvalue weighted by Gasteiger charge is -2.43. The lowest BCUT2D eigenvalue weighted by Crippen LogP contribution is -2.47. The number of alkyl halides is 1. The van der Waals surface area contributed by atoms with E-state index in [9.17, 15) is 0 Å². The molecule has 3 fully saturated rings. The van der Waals surface area contributed by atoms with Gasteiger partial charge in [-0.15, -0.1) is 0 Å².